The minimum Gasteiger partial charge on any atom is -0.361 e. The van der Waals surface area contributed by atoms with Crippen molar-refractivity contribution in [1.82, 2.24) is 4.90 Å². The van der Waals surface area contributed by atoms with E-state index in [9.17, 15) is 0 Å². The Kier molecular flexibility index (Phi) is 6.25. The predicted octanol–water partition coefficient (Wildman–Crippen LogP) is 5.98. The quantitative estimate of drug-likeness (QED) is 0.531. The zero-order valence-corrected chi connectivity index (χ0v) is 16.7. The summed E-state index contributed by atoms with van der Waals surface area (Å²) in [7, 11) is 0. The van der Waals surface area contributed by atoms with E-state index in [4.69, 9.17) is 11.6 Å². The van der Waals surface area contributed by atoms with Gasteiger partial charge in [0.25, 0.3) is 0 Å². The van der Waals surface area contributed by atoms with E-state index in [2.05, 4.69) is 63.1 Å². The van der Waals surface area contributed by atoms with Gasteiger partial charge < -0.3 is 4.90 Å². The molecule has 0 aromatic heterocycles. The number of halogens is 2. The molecule has 0 spiro atoms. The number of hydrogen-bond acceptors (Lipinski definition) is 3. The van der Waals surface area contributed by atoms with E-state index in [0.29, 0.717) is 5.25 Å². The molecular formula is C19H20BrClN2S. The van der Waals surface area contributed by atoms with Crippen molar-refractivity contribution in [2.75, 3.05) is 19.6 Å². The molecule has 1 aliphatic heterocycles. The van der Waals surface area contributed by atoms with Crippen molar-refractivity contribution >= 4 is 45.6 Å². The third-order valence-corrected chi connectivity index (χ3v) is 6.55. The lowest BCUT2D eigenvalue weighted by atomic mass is 10.1. The molecule has 0 N–H and O–H groups in total. The topological polar surface area (TPSA) is 15.6 Å². The average Bonchev–Trinajstić information content (AvgIpc) is 3.09. The van der Waals surface area contributed by atoms with Gasteiger partial charge in [-0.2, -0.15) is 0 Å². The fraction of sp³-hybridized carbons (Fsp3) is 0.316. The maximum Gasteiger partial charge on any atom is 0.0851 e. The van der Waals surface area contributed by atoms with Crippen molar-refractivity contribution in [2.24, 2.45) is 4.99 Å². The van der Waals surface area contributed by atoms with Crippen LogP contribution in [0.5, 0.6) is 0 Å². The van der Waals surface area contributed by atoms with Gasteiger partial charge in [0.1, 0.15) is 0 Å². The van der Waals surface area contributed by atoms with E-state index in [1.807, 2.05) is 30.2 Å². The van der Waals surface area contributed by atoms with Crippen LogP contribution in [0.2, 0.25) is 5.02 Å². The summed E-state index contributed by atoms with van der Waals surface area (Å²) in [5.41, 5.74) is 2.59. The van der Waals surface area contributed by atoms with E-state index in [0.717, 1.165) is 35.6 Å². The molecule has 0 amide bonds. The second-order valence-corrected chi connectivity index (χ2v) is 8.48. The average molecular weight is 424 g/mol. The van der Waals surface area contributed by atoms with Crippen LogP contribution in [0.1, 0.15) is 22.8 Å². The van der Waals surface area contributed by atoms with E-state index in [1.165, 1.54) is 16.0 Å². The molecule has 3 rings (SSSR count). The highest BCUT2D eigenvalue weighted by atomic mass is 79.9. The Bertz CT molecular complexity index is 718. The largest absolute Gasteiger partial charge is 0.361 e. The number of thioether (sulfide) groups is 1. The zero-order chi connectivity index (χ0) is 16.9. The van der Waals surface area contributed by atoms with Gasteiger partial charge in [-0.05, 0) is 54.8 Å². The monoisotopic (exact) mass is 422 g/mol. The standard InChI is InChI=1S/C19H20BrClN2S/c1-14-12-17(6-7-18(14)20)24-19(8-10-23-11-9-22-13-23)15-2-4-16(21)5-3-15/h2-7,12-13,19H,8-11H2,1H3. The number of nitrogens with zero attached hydrogens (tertiary/aromatic N) is 2. The van der Waals surface area contributed by atoms with Crippen LogP contribution in [-0.2, 0) is 0 Å². The minimum atomic E-state index is 0.400. The van der Waals surface area contributed by atoms with Gasteiger partial charge in [0.05, 0.1) is 12.9 Å². The van der Waals surface area contributed by atoms with Gasteiger partial charge in [-0.1, -0.05) is 39.7 Å². The molecule has 1 atom stereocenters. The Morgan fingerprint density at radius 2 is 2.04 bits per heavy atom. The van der Waals surface area contributed by atoms with Crippen LogP contribution >= 0.6 is 39.3 Å². The zero-order valence-electron chi connectivity index (χ0n) is 13.6. The van der Waals surface area contributed by atoms with Crippen LogP contribution in [0.4, 0.5) is 0 Å². The fourth-order valence-corrected chi connectivity index (χ4v) is 4.30. The molecule has 2 nitrogen and oxygen atoms in total. The summed E-state index contributed by atoms with van der Waals surface area (Å²) in [6.07, 6.45) is 3.06. The van der Waals surface area contributed by atoms with Gasteiger partial charge in [-0.3, -0.25) is 4.99 Å². The van der Waals surface area contributed by atoms with Crippen molar-refractivity contribution in [3.8, 4) is 0 Å². The molecule has 0 fully saturated rings. The van der Waals surface area contributed by atoms with Crippen LogP contribution in [0, 0.1) is 6.92 Å². The maximum atomic E-state index is 6.06. The smallest absolute Gasteiger partial charge is 0.0851 e. The second-order valence-electron chi connectivity index (χ2n) is 5.92. The highest BCUT2D eigenvalue weighted by Gasteiger charge is 2.16. The normalized spacial score (nSPS) is 15.0. The van der Waals surface area contributed by atoms with E-state index in [1.54, 1.807) is 0 Å². The SMILES string of the molecule is Cc1cc(SC(CCN2C=NCC2)c2ccc(Cl)cc2)ccc1Br. The molecular weight excluding hydrogens is 404 g/mol. The van der Waals surface area contributed by atoms with Gasteiger partial charge in [0.2, 0.25) is 0 Å². The summed E-state index contributed by atoms with van der Waals surface area (Å²) in [4.78, 5) is 7.90. The van der Waals surface area contributed by atoms with Crippen LogP contribution < -0.4 is 0 Å². The molecule has 0 saturated carbocycles. The van der Waals surface area contributed by atoms with E-state index < -0.39 is 0 Å². The number of aliphatic imine (C=N–C) groups is 1. The molecule has 1 unspecified atom stereocenters. The Labute approximate surface area is 161 Å². The first-order valence-electron chi connectivity index (χ1n) is 8.04. The molecule has 0 radical (unpaired) electrons. The third kappa shape index (κ3) is 4.78. The van der Waals surface area contributed by atoms with Gasteiger partial charge in [-0.15, -0.1) is 11.8 Å². The lowest BCUT2D eigenvalue weighted by Crippen LogP contribution is -2.22. The Balaban J connectivity index is 1.76. The van der Waals surface area contributed by atoms with Crippen molar-refractivity contribution in [3.63, 3.8) is 0 Å². The summed E-state index contributed by atoms with van der Waals surface area (Å²) in [5, 5.41) is 1.19. The highest BCUT2D eigenvalue weighted by Crippen LogP contribution is 2.39. The Morgan fingerprint density at radius 3 is 2.71 bits per heavy atom. The molecule has 126 valence electrons. The van der Waals surface area contributed by atoms with Crippen LogP contribution in [-0.4, -0.2) is 30.9 Å². The van der Waals surface area contributed by atoms with Gasteiger partial charge in [0.15, 0.2) is 0 Å². The van der Waals surface area contributed by atoms with Crippen molar-refractivity contribution in [2.45, 2.75) is 23.5 Å². The number of rotatable bonds is 6. The molecule has 0 aliphatic carbocycles. The van der Waals surface area contributed by atoms with Gasteiger partial charge in [-0.25, -0.2) is 0 Å². The van der Waals surface area contributed by atoms with Crippen LogP contribution in [0.3, 0.4) is 0 Å². The summed E-state index contributed by atoms with van der Waals surface area (Å²) < 4.78 is 1.16. The molecule has 2 aromatic carbocycles. The van der Waals surface area contributed by atoms with Crippen LogP contribution in [0.15, 0.2) is 56.8 Å². The first-order chi connectivity index (χ1) is 11.6. The molecule has 5 heteroatoms. The molecule has 1 aliphatic rings. The first-order valence-corrected chi connectivity index (χ1v) is 10.1. The van der Waals surface area contributed by atoms with Crippen molar-refractivity contribution in [3.05, 3.63) is 63.1 Å². The number of aryl methyl sites for hydroxylation is 1. The van der Waals surface area contributed by atoms with E-state index in [-0.39, 0.29) is 0 Å². The van der Waals surface area contributed by atoms with Gasteiger partial charge >= 0.3 is 0 Å². The summed E-state index contributed by atoms with van der Waals surface area (Å²) in [6, 6.07) is 14.8. The van der Waals surface area contributed by atoms with Crippen molar-refractivity contribution in [1.29, 1.82) is 0 Å². The number of benzene rings is 2. The van der Waals surface area contributed by atoms with Gasteiger partial charge in [0, 0.05) is 32.7 Å². The Hall–Kier alpha value is -0.970. The first kappa shape index (κ1) is 17.8. The lowest BCUT2D eigenvalue weighted by Gasteiger charge is -2.21. The summed E-state index contributed by atoms with van der Waals surface area (Å²) in [5.74, 6) is 0. The van der Waals surface area contributed by atoms with Crippen molar-refractivity contribution < 1.29 is 0 Å². The third-order valence-electron chi connectivity index (χ3n) is 4.09. The summed E-state index contributed by atoms with van der Waals surface area (Å²) in [6.45, 7) is 5.12. The molecule has 0 bridgehead atoms. The van der Waals surface area contributed by atoms with E-state index >= 15 is 0 Å². The second kappa shape index (κ2) is 8.41. The maximum absolute atomic E-state index is 6.06. The Morgan fingerprint density at radius 1 is 1.25 bits per heavy atom. The summed E-state index contributed by atoms with van der Waals surface area (Å²) >= 11 is 11.6. The molecule has 24 heavy (non-hydrogen) atoms. The molecule has 1 heterocycles. The lowest BCUT2D eigenvalue weighted by molar-refractivity contribution is 0.453. The van der Waals surface area contributed by atoms with Crippen LogP contribution in [0.25, 0.3) is 0 Å². The molecule has 0 saturated heterocycles. The fourth-order valence-electron chi connectivity index (χ4n) is 2.70. The highest BCUT2D eigenvalue weighted by molar-refractivity contribution is 9.10. The minimum absolute atomic E-state index is 0.400. The number of hydrogen-bond donors (Lipinski definition) is 0. The predicted molar refractivity (Wildman–Crippen MR) is 108 cm³/mol. The molecule has 2 aromatic rings.